The number of fused-ring (bicyclic) bond motifs is 1. The molecule has 0 bridgehead atoms. The van der Waals surface area contributed by atoms with Gasteiger partial charge in [-0.3, -0.25) is 13.9 Å². The van der Waals surface area contributed by atoms with E-state index in [1.807, 2.05) is 6.92 Å². The highest BCUT2D eigenvalue weighted by molar-refractivity contribution is 7.84. The van der Waals surface area contributed by atoms with Crippen LogP contribution in [0.3, 0.4) is 0 Å². The lowest BCUT2D eigenvalue weighted by molar-refractivity contribution is -0.117. The van der Waals surface area contributed by atoms with Crippen molar-refractivity contribution in [1.82, 2.24) is 9.97 Å². The van der Waals surface area contributed by atoms with Crippen molar-refractivity contribution in [1.29, 1.82) is 0 Å². The summed E-state index contributed by atoms with van der Waals surface area (Å²) in [4.78, 5) is 22.2. The van der Waals surface area contributed by atoms with Crippen molar-refractivity contribution < 1.29 is 13.4 Å². The van der Waals surface area contributed by atoms with Crippen LogP contribution in [0.2, 0.25) is 0 Å². The molecule has 0 saturated carbocycles. The van der Waals surface area contributed by atoms with E-state index in [9.17, 15) is 13.4 Å². The summed E-state index contributed by atoms with van der Waals surface area (Å²) in [6.07, 6.45) is 0.842. The SMILES string of the molecule is CCCS(=O)c1nc(N)c2c(n1)N(Cc1ccc(F)cc1)C(=O)C2. The van der Waals surface area contributed by atoms with Gasteiger partial charge in [-0.1, -0.05) is 19.1 Å². The number of carbonyl (C=O) groups is 1. The van der Waals surface area contributed by atoms with E-state index in [-0.39, 0.29) is 35.7 Å². The summed E-state index contributed by atoms with van der Waals surface area (Å²) in [5, 5.41) is 0.145. The Labute approximate surface area is 141 Å². The summed E-state index contributed by atoms with van der Waals surface area (Å²) in [6.45, 7) is 2.17. The molecule has 0 saturated heterocycles. The Morgan fingerprint density at radius 2 is 2.00 bits per heavy atom. The molecule has 0 spiro atoms. The number of carbonyl (C=O) groups excluding carboxylic acids is 1. The molecule has 0 aliphatic carbocycles. The number of nitrogens with two attached hydrogens (primary N) is 1. The summed E-state index contributed by atoms with van der Waals surface area (Å²) in [5.74, 6) is 0.527. The lowest BCUT2D eigenvalue weighted by atomic mass is 10.2. The molecule has 1 aromatic carbocycles. The van der Waals surface area contributed by atoms with Gasteiger partial charge in [-0.15, -0.1) is 0 Å². The fourth-order valence-electron chi connectivity index (χ4n) is 2.54. The van der Waals surface area contributed by atoms with Crippen LogP contribution in [0.5, 0.6) is 0 Å². The molecule has 1 amide bonds. The summed E-state index contributed by atoms with van der Waals surface area (Å²) >= 11 is 0. The van der Waals surface area contributed by atoms with E-state index in [4.69, 9.17) is 5.73 Å². The molecule has 2 aromatic rings. The number of aromatic nitrogens is 2. The van der Waals surface area contributed by atoms with E-state index < -0.39 is 10.8 Å². The first-order valence-electron chi connectivity index (χ1n) is 7.59. The van der Waals surface area contributed by atoms with Crippen molar-refractivity contribution >= 4 is 28.3 Å². The molecule has 126 valence electrons. The predicted molar refractivity (Wildman–Crippen MR) is 89.3 cm³/mol. The molecule has 3 rings (SSSR count). The van der Waals surface area contributed by atoms with Crippen molar-refractivity contribution in [3.63, 3.8) is 0 Å². The maximum absolute atomic E-state index is 13.0. The van der Waals surface area contributed by atoms with Crippen LogP contribution >= 0.6 is 0 Å². The number of nitrogen functional groups attached to an aromatic ring is 1. The van der Waals surface area contributed by atoms with Gasteiger partial charge >= 0.3 is 0 Å². The molecule has 1 aromatic heterocycles. The number of nitrogens with zero attached hydrogens (tertiary/aromatic N) is 3. The van der Waals surface area contributed by atoms with Gasteiger partial charge in [-0.25, -0.2) is 14.4 Å². The molecule has 6 nitrogen and oxygen atoms in total. The van der Waals surface area contributed by atoms with Gasteiger partial charge in [0.15, 0.2) is 0 Å². The normalized spacial score (nSPS) is 14.8. The minimum absolute atomic E-state index is 0.114. The summed E-state index contributed by atoms with van der Waals surface area (Å²) in [5.41, 5.74) is 7.25. The van der Waals surface area contributed by atoms with Gasteiger partial charge in [0.05, 0.1) is 23.8 Å². The third-order valence-corrected chi connectivity index (χ3v) is 5.10. The third kappa shape index (κ3) is 3.14. The molecule has 0 fully saturated rings. The Balaban J connectivity index is 1.95. The standard InChI is InChI=1S/C16H17FN4O2S/c1-2-7-24(23)16-19-14(18)12-8-13(22)21(15(12)20-16)9-10-3-5-11(17)6-4-10/h3-6H,2,7-9H2,1H3,(H2,18,19,20). The fourth-order valence-corrected chi connectivity index (χ4v) is 3.48. The second-order valence-corrected chi connectivity index (χ2v) is 6.99. The van der Waals surface area contributed by atoms with Gasteiger partial charge in [0.25, 0.3) is 0 Å². The maximum atomic E-state index is 13.0. The minimum atomic E-state index is -1.35. The molecule has 1 aliphatic rings. The van der Waals surface area contributed by atoms with E-state index in [2.05, 4.69) is 9.97 Å². The van der Waals surface area contributed by atoms with Crippen molar-refractivity contribution in [3.8, 4) is 0 Å². The Bertz CT molecular complexity index is 810. The van der Waals surface area contributed by atoms with Gasteiger partial charge in [-0.05, 0) is 24.1 Å². The van der Waals surface area contributed by atoms with E-state index >= 15 is 0 Å². The lowest BCUT2D eigenvalue weighted by Crippen LogP contribution is -2.27. The molecule has 2 heterocycles. The third-order valence-electron chi connectivity index (χ3n) is 3.73. The summed E-state index contributed by atoms with van der Waals surface area (Å²) in [6, 6.07) is 5.91. The van der Waals surface area contributed by atoms with Crippen molar-refractivity contribution in [2.45, 2.75) is 31.5 Å². The van der Waals surface area contributed by atoms with Crippen LogP contribution in [0.15, 0.2) is 29.4 Å². The molecule has 1 atom stereocenters. The van der Waals surface area contributed by atoms with Gasteiger partial charge in [-0.2, -0.15) is 0 Å². The summed E-state index contributed by atoms with van der Waals surface area (Å²) in [7, 11) is -1.35. The van der Waals surface area contributed by atoms with Crippen LogP contribution in [0.4, 0.5) is 16.0 Å². The van der Waals surface area contributed by atoms with E-state index in [1.165, 1.54) is 17.0 Å². The molecule has 1 aliphatic heterocycles. The van der Waals surface area contributed by atoms with Crippen molar-refractivity contribution in [2.75, 3.05) is 16.4 Å². The zero-order chi connectivity index (χ0) is 17.3. The monoisotopic (exact) mass is 348 g/mol. The van der Waals surface area contributed by atoms with Crippen LogP contribution in [-0.2, 0) is 28.6 Å². The van der Waals surface area contributed by atoms with Gasteiger partial charge < -0.3 is 5.73 Å². The molecular weight excluding hydrogens is 331 g/mol. The van der Waals surface area contributed by atoms with Crippen LogP contribution in [0, 0.1) is 5.82 Å². The van der Waals surface area contributed by atoms with Crippen LogP contribution in [0.25, 0.3) is 0 Å². The van der Waals surface area contributed by atoms with E-state index in [0.29, 0.717) is 17.1 Å². The Morgan fingerprint density at radius 1 is 1.29 bits per heavy atom. The average molecular weight is 348 g/mol. The first-order valence-corrected chi connectivity index (χ1v) is 8.91. The van der Waals surface area contributed by atoms with Crippen LogP contribution in [0.1, 0.15) is 24.5 Å². The topological polar surface area (TPSA) is 89.2 Å². The average Bonchev–Trinajstić information content (AvgIpc) is 2.87. The smallest absolute Gasteiger partial charge is 0.233 e. The number of halogens is 1. The molecule has 1 unspecified atom stereocenters. The van der Waals surface area contributed by atoms with E-state index in [1.54, 1.807) is 12.1 Å². The number of rotatable bonds is 5. The largest absolute Gasteiger partial charge is 0.383 e. The van der Waals surface area contributed by atoms with Gasteiger partial charge in [0, 0.05) is 11.3 Å². The maximum Gasteiger partial charge on any atom is 0.233 e. The number of benzene rings is 1. The quantitative estimate of drug-likeness (QED) is 0.833. The Hall–Kier alpha value is -2.35. The fraction of sp³-hybridized carbons (Fsp3) is 0.312. The first kappa shape index (κ1) is 16.5. The second-order valence-electron chi connectivity index (χ2n) is 5.53. The number of hydrogen-bond donors (Lipinski definition) is 1. The van der Waals surface area contributed by atoms with E-state index in [0.717, 1.165) is 12.0 Å². The highest BCUT2D eigenvalue weighted by atomic mass is 32.2. The van der Waals surface area contributed by atoms with Gasteiger partial charge in [0.1, 0.15) is 17.5 Å². The van der Waals surface area contributed by atoms with Gasteiger partial charge in [0.2, 0.25) is 11.1 Å². The molecule has 0 radical (unpaired) electrons. The number of hydrogen-bond acceptors (Lipinski definition) is 5. The summed E-state index contributed by atoms with van der Waals surface area (Å²) < 4.78 is 25.2. The molecule has 2 N–H and O–H groups in total. The predicted octanol–water partition coefficient (Wildman–Crippen LogP) is 1.80. The highest BCUT2D eigenvalue weighted by Crippen LogP contribution is 2.32. The number of amides is 1. The first-order chi connectivity index (χ1) is 11.5. The molecule has 8 heteroatoms. The zero-order valence-electron chi connectivity index (χ0n) is 13.2. The zero-order valence-corrected chi connectivity index (χ0v) is 14.0. The number of anilines is 2. The van der Waals surface area contributed by atoms with Crippen molar-refractivity contribution in [3.05, 3.63) is 41.2 Å². The molecular formula is C16H17FN4O2S. The van der Waals surface area contributed by atoms with Crippen LogP contribution < -0.4 is 10.6 Å². The van der Waals surface area contributed by atoms with Crippen LogP contribution in [-0.4, -0.2) is 25.8 Å². The second kappa shape index (κ2) is 6.64. The lowest BCUT2D eigenvalue weighted by Gasteiger charge is -2.17. The highest BCUT2D eigenvalue weighted by Gasteiger charge is 2.32. The Morgan fingerprint density at radius 3 is 2.67 bits per heavy atom. The van der Waals surface area contributed by atoms with Crippen molar-refractivity contribution in [2.24, 2.45) is 0 Å². The Kier molecular flexibility index (Phi) is 4.57. The minimum Gasteiger partial charge on any atom is -0.383 e. The molecule has 24 heavy (non-hydrogen) atoms.